The van der Waals surface area contributed by atoms with E-state index in [1.165, 1.54) is 12.1 Å². The highest BCUT2D eigenvalue weighted by Crippen LogP contribution is 2.16. The summed E-state index contributed by atoms with van der Waals surface area (Å²) in [6, 6.07) is 14.0. The molecule has 2 aromatic rings. The van der Waals surface area contributed by atoms with Crippen LogP contribution in [0.4, 0.5) is 4.39 Å². The molecule has 1 heterocycles. The van der Waals surface area contributed by atoms with Crippen LogP contribution in [-0.2, 0) is 11.3 Å². The van der Waals surface area contributed by atoms with Crippen LogP contribution >= 0.6 is 11.6 Å². The van der Waals surface area contributed by atoms with Crippen LogP contribution in [0.2, 0.25) is 5.02 Å². The van der Waals surface area contributed by atoms with Crippen molar-refractivity contribution in [3.05, 3.63) is 76.6 Å². The summed E-state index contributed by atoms with van der Waals surface area (Å²) in [5.41, 5.74) is 1.92. The summed E-state index contributed by atoms with van der Waals surface area (Å²) < 4.78 is 13.0. The first-order chi connectivity index (χ1) is 12.1. The van der Waals surface area contributed by atoms with Gasteiger partial charge in [-0.05, 0) is 35.4 Å². The molecule has 1 saturated heterocycles. The van der Waals surface area contributed by atoms with Crippen molar-refractivity contribution in [1.82, 2.24) is 9.80 Å². The third kappa shape index (κ3) is 4.91. The Kier molecular flexibility index (Phi) is 5.84. The van der Waals surface area contributed by atoms with E-state index in [2.05, 4.69) is 4.90 Å². The molecule has 0 aromatic heterocycles. The summed E-state index contributed by atoms with van der Waals surface area (Å²) in [6.07, 6.45) is 3.34. The van der Waals surface area contributed by atoms with E-state index < -0.39 is 0 Å². The summed E-state index contributed by atoms with van der Waals surface area (Å²) in [5, 5.41) is 0.635. The van der Waals surface area contributed by atoms with Crippen molar-refractivity contribution in [3.8, 4) is 0 Å². The lowest BCUT2D eigenvalue weighted by Gasteiger charge is -2.34. The minimum absolute atomic E-state index is 0.00125. The van der Waals surface area contributed by atoms with E-state index in [1.807, 2.05) is 23.1 Å². The van der Waals surface area contributed by atoms with Crippen LogP contribution in [-0.4, -0.2) is 41.9 Å². The third-order valence-corrected chi connectivity index (χ3v) is 4.66. The zero-order valence-corrected chi connectivity index (χ0v) is 14.6. The molecule has 0 saturated carbocycles. The predicted octanol–water partition coefficient (Wildman–Crippen LogP) is 3.84. The van der Waals surface area contributed by atoms with Gasteiger partial charge in [0.1, 0.15) is 5.82 Å². The molecule has 25 heavy (non-hydrogen) atoms. The van der Waals surface area contributed by atoms with Crippen LogP contribution in [0, 0.1) is 5.82 Å². The number of piperazine rings is 1. The first-order valence-corrected chi connectivity index (χ1v) is 8.68. The van der Waals surface area contributed by atoms with Gasteiger partial charge in [0.05, 0.1) is 0 Å². The van der Waals surface area contributed by atoms with Crippen LogP contribution in [0.5, 0.6) is 0 Å². The molecule has 3 rings (SSSR count). The second kappa shape index (κ2) is 8.28. The van der Waals surface area contributed by atoms with Crippen molar-refractivity contribution in [2.75, 3.05) is 26.2 Å². The molecule has 0 atom stereocenters. The lowest BCUT2D eigenvalue weighted by molar-refractivity contribution is -0.127. The van der Waals surface area contributed by atoms with Crippen molar-refractivity contribution < 1.29 is 9.18 Å². The second-order valence-corrected chi connectivity index (χ2v) is 6.49. The van der Waals surface area contributed by atoms with Crippen LogP contribution in [0.3, 0.4) is 0 Å². The number of carbonyl (C=O) groups is 1. The Labute approximate surface area is 152 Å². The molecular formula is C20H20ClFN2O. The number of nitrogens with zero attached hydrogens (tertiary/aromatic N) is 2. The second-order valence-electron chi connectivity index (χ2n) is 6.08. The zero-order valence-electron chi connectivity index (χ0n) is 13.9. The van der Waals surface area contributed by atoms with Gasteiger partial charge in [0, 0.05) is 43.8 Å². The molecule has 0 spiro atoms. The van der Waals surface area contributed by atoms with E-state index in [-0.39, 0.29) is 11.7 Å². The minimum Gasteiger partial charge on any atom is -0.337 e. The maximum absolute atomic E-state index is 13.0. The van der Waals surface area contributed by atoms with Crippen molar-refractivity contribution >= 4 is 23.6 Å². The lowest BCUT2D eigenvalue weighted by atomic mass is 10.2. The molecule has 2 aromatic carbocycles. The predicted molar refractivity (Wildman–Crippen MR) is 98.7 cm³/mol. The number of hydrogen-bond donors (Lipinski definition) is 0. The molecule has 3 nitrogen and oxygen atoms in total. The summed E-state index contributed by atoms with van der Waals surface area (Å²) in [7, 11) is 0. The minimum atomic E-state index is -0.218. The van der Waals surface area contributed by atoms with E-state index in [0.717, 1.165) is 30.8 Å². The number of halogens is 2. The maximum Gasteiger partial charge on any atom is 0.246 e. The van der Waals surface area contributed by atoms with Crippen LogP contribution in [0.25, 0.3) is 6.08 Å². The lowest BCUT2D eigenvalue weighted by Crippen LogP contribution is -2.47. The van der Waals surface area contributed by atoms with E-state index in [1.54, 1.807) is 30.4 Å². The molecule has 1 amide bonds. The molecule has 0 aliphatic carbocycles. The average molecular weight is 359 g/mol. The Hall–Kier alpha value is -2.17. The molecule has 0 unspecified atom stereocenters. The fraction of sp³-hybridized carbons (Fsp3) is 0.250. The molecule has 1 fully saturated rings. The Morgan fingerprint density at radius 1 is 1.04 bits per heavy atom. The first kappa shape index (κ1) is 17.6. The van der Waals surface area contributed by atoms with Gasteiger partial charge in [0.15, 0.2) is 0 Å². The number of rotatable bonds is 4. The molecule has 5 heteroatoms. The van der Waals surface area contributed by atoms with Crippen LogP contribution in [0.15, 0.2) is 54.6 Å². The van der Waals surface area contributed by atoms with E-state index in [0.29, 0.717) is 18.1 Å². The number of amides is 1. The Morgan fingerprint density at radius 3 is 2.40 bits per heavy atom. The topological polar surface area (TPSA) is 23.6 Å². The normalized spacial score (nSPS) is 15.7. The highest BCUT2D eigenvalue weighted by molar-refractivity contribution is 6.32. The molecule has 0 bridgehead atoms. The van der Waals surface area contributed by atoms with Crippen molar-refractivity contribution in [2.24, 2.45) is 0 Å². The highest BCUT2D eigenvalue weighted by atomic mass is 35.5. The average Bonchev–Trinajstić information content (AvgIpc) is 2.63. The van der Waals surface area contributed by atoms with Gasteiger partial charge in [-0.3, -0.25) is 9.69 Å². The third-order valence-electron chi connectivity index (χ3n) is 4.31. The number of carbonyl (C=O) groups excluding carboxylic acids is 1. The quantitative estimate of drug-likeness (QED) is 0.775. The molecular weight excluding hydrogens is 339 g/mol. The van der Waals surface area contributed by atoms with Crippen LogP contribution in [0.1, 0.15) is 11.1 Å². The SMILES string of the molecule is O=C(/C=C/c1ccccc1Cl)N1CCN(Cc2ccc(F)cc2)CC1. The summed E-state index contributed by atoms with van der Waals surface area (Å²) in [5.74, 6) is -0.217. The molecule has 130 valence electrons. The van der Waals surface area contributed by atoms with Gasteiger partial charge >= 0.3 is 0 Å². The Bertz CT molecular complexity index is 753. The van der Waals surface area contributed by atoms with Gasteiger partial charge in [0.25, 0.3) is 0 Å². The van der Waals surface area contributed by atoms with Gasteiger partial charge < -0.3 is 4.90 Å². The maximum atomic E-state index is 13.0. The number of benzene rings is 2. The van der Waals surface area contributed by atoms with E-state index in [9.17, 15) is 9.18 Å². The Balaban J connectivity index is 1.50. The fourth-order valence-corrected chi connectivity index (χ4v) is 3.05. The number of hydrogen-bond acceptors (Lipinski definition) is 2. The van der Waals surface area contributed by atoms with Crippen molar-refractivity contribution in [3.63, 3.8) is 0 Å². The fourth-order valence-electron chi connectivity index (χ4n) is 2.85. The van der Waals surface area contributed by atoms with Gasteiger partial charge in [-0.1, -0.05) is 41.9 Å². The van der Waals surface area contributed by atoms with Crippen molar-refractivity contribution in [2.45, 2.75) is 6.54 Å². The van der Waals surface area contributed by atoms with E-state index >= 15 is 0 Å². The Morgan fingerprint density at radius 2 is 1.72 bits per heavy atom. The van der Waals surface area contributed by atoms with E-state index in [4.69, 9.17) is 11.6 Å². The van der Waals surface area contributed by atoms with Gasteiger partial charge in [-0.2, -0.15) is 0 Å². The standard InChI is InChI=1S/C20H20ClFN2O/c21-19-4-2-1-3-17(19)7-10-20(25)24-13-11-23(12-14-24)15-16-5-8-18(22)9-6-16/h1-10H,11-15H2/b10-7+. The largest absolute Gasteiger partial charge is 0.337 e. The van der Waals surface area contributed by atoms with Gasteiger partial charge in [0.2, 0.25) is 5.91 Å². The summed E-state index contributed by atoms with van der Waals surface area (Å²) in [6.45, 7) is 3.77. The first-order valence-electron chi connectivity index (χ1n) is 8.30. The monoisotopic (exact) mass is 358 g/mol. The molecule has 0 N–H and O–H groups in total. The summed E-state index contributed by atoms with van der Waals surface area (Å²) >= 11 is 6.09. The van der Waals surface area contributed by atoms with Gasteiger partial charge in [-0.25, -0.2) is 4.39 Å². The molecule has 0 radical (unpaired) electrons. The van der Waals surface area contributed by atoms with Crippen LogP contribution < -0.4 is 0 Å². The molecule has 1 aliphatic heterocycles. The smallest absolute Gasteiger partial charge is 0.246 e. The van der Waals surface area contributed by atoms with Crippen molar-refractivity contribution in [1.29, 1.82) is 0 Å². The summed E-state index contributed by atoms with van der Waals surface area (Å²) in [4.78, 5) is 16.4. The zero-order chi connectivity index (χ0) is 17.6. The molecule has 1 aliphatic rings. The van der Waals surface area contributed by atoms with Gasteiger partial charge in [-0.15, -0.1) is 0 Å². The highest BCUT2D eigenvalue weighted by Gasteiger charge is 2.19.